The second kappa shape index (κ2) is 5.08. The molecule has 2 rings (SSSR count). The SMILES string of the molecule is CCOc1cc(C[C@H]2COC(=O)C2)ccc1O. The van der Waals surface area contributed by atoms with Crippen LogP contribution in [0.15, 0.2) is 18.2 Å². The van der Waals surface area contributed by atoms with Crippen molar-refractivity contribution in [2.24, 2.45) is 5.92 Å². The fourth-order valence-corrected chi connectivity index (χ4v) is 1.99. The van der Waals surface area contributed by atoms with Crippen LogP contribution in [-0.2, 0) is 16.0 Å². The monoisotopic (exact) mass is 236 g/mol. The van der Waals surface area contributed by atoms with Gasteiger partial charge in [-0.1, -0.05) is 6.07 Å². The lowest BCUT2D eigenvalue weighted by Crippen LogP contribution is -2.04. The van der Waals surface area contributed by atoms with Crippen molar-refractivity contribution < 1.29 is 19.4 Å². The Kier molecular flexibility index (Phi) is 3.52. The molecule has 92 valence electrons. The topological polar surface area (TPSA) is 55.8 Å². The summed E-state index contributed by atoms with van der Waals surface area (Å²) in [6.07, 6.45) is 1.25. The number of benzene rings is 1. The van der Waals surface area contributed by atoms with Crippen molar-refractivity contribution in [3.8, 4) is 11.5 Å². The molecular formula is C13H16O4. The molecule has 1 saturated heterocycles. The molecule has 0 aromatic heterocycles. The number of cyclic esters (lactones) is 1. The van der Waals surface area contributed by atoms with E-state index in [1.807, 2.05) is 19.1 Å². The molecule has 1 fully saturated rings. The van der Waals surface area contributed by atoms with Crippen LogP contribution in [0.2, 0.25) is 0 Å². The Morgan fingerprint density at radius 2 is 2.35 bits per heavy atom. The van der Waals surface area contributed by atoms with Crippen LogP contribution in [0.5, 0.6) is 11.5 Å². The van der Waals surface area contributed by atoms with Gasteiger partial charge in [0, 0.05) is 5.92 Å². The molecule has 0 bridgehead atoms. The molecule has 0 spiro atoms. The molecule has 1 heterocycles. The lowest BCUT2D eigenvalue weighted by Gasteiger charge is -2.10. The third-order valence-electron chi connectivity index (χ3n) is 2.78. The van der Waals surface area contributed by atoms with Gasteiger partial charge in [0.25, 0.3) is 0 Å². The molecule has 1 aliphatic rings. The first-order chi connectivity index (χ1) is 8.19. The Hall–Kier alpha value is -1.71. The van der Waals surface area contributed by atoms with Crippen molar-refractivity contribution in [1.29, 1.82) is 0 Å². The Labute approximate surface area is 100 Å². The van der Waals surface area contributed by atoms with E-state index in [4.69, 9.17) is 9.47 Å². The maximum atomic E-state index is 11.0. The summed E-state index contributed by atoms with van der Waals surface area (Å²) >= 11 is 0. The fourth-order valence-electron chi connectivity index (χ4n) is 1.99. The van der Waals surface area contributed by atoms with Crippen LogP contribution in [0, 0.1) is 5.92 Å². The van der Waals surface area contributed by atoms with Gasteiger partial charge in [-0.2, -0.15) is 0 Å². The van der Waals surface area contributed by atoms with E-state index in [-0.39, 0.29) is 17.6 Å². The number of hydrogen-bond acceptors (Lipinski definition) is 4. The van der Waals surface area contributed by atoms with E-state index in [1.165, 1.54) is 0 Å². The zero-order valence-corrected chi connectivity index (χ0v) is 9.81. The molecule has 1 aliphatic heterocycles. The highest BCUT2D eigenvalue weighted by atomic mass is 16.5. The highest BCUT2D eigenvalue weighted by Crippen LogP contribution is 2.29. The number of phenols is 1. The third-order valence-corrected chi connectivity index (χ3v) is 2.78. The minimum absolute atomic E-state index is 0.126. The first-order valence-electron chi connectivity index (χ1n) is 5.79. The molecule has 1 aromatic carbocycles. The summed E-state index contributed by atoms with van der Waals surface area (Å²) in [7, 11) is 0. The van der Waals surface area contributed by atoms with Crippen molar-refractivity contribution >= 4 is 5.97 Å². The highest BCUT2D eigenvalue weighted by molar-refractivity contribution is 5.71. The molecule has 0 unspecified atom stereocenters. The zero-order valence-electron chi connectivity index (χ0n) is 9.81. The van der Waals surface area contributed by atoms with Gasteiger partial charge in [-0.05, 0) is 31.0 Å². The number of rotatable bonds is 4. The largest absolute Gasteiger partial charge is 0.504 e. The molecule has 0 radical (unpaired) electrons. The van der Waals surface area contributed by atoms with Crippen LogP contribution < -0.4 is 4.74 Å². The Morgan fingerprint density at radius 1 is 1.53 bits per heavy atom. The lowest BCUT2D eigenvalue weighted by molar-refractivity contribution is -0.137. The predicted molar refractivity (Wildman–Crippen MR) is 62.0 cm³/mol. The van der Waals surface area contributed by atoms with Crippen LogP contribution in [0.25, 0.3) is 0 Å². The minimum Gasteiger partial charge on any atom is -0.504 e. The number of aromatic hydroxyl groups is 1. The standard InChI is InChI=1S/C13H16O4/c1-2-16-12-6-9(3-4-11(12)14)5-10-7-13(15)17-8-10/h3-4,6,10,14H,2,5,7-8H2,1H3/t10-/m1/s1. The number of ether oxygens (including phenoxy) is 2. The number of carbonyl (C=O) groups is 1. The van der Waals surface area contributed by atoms with Gasteiger partial charge in [-0.25, -0.2) is 0 Å². The van der Waals surface area contributed by atoms with Gasteiger partial charge < -0.3 is 14.6 Å². The molecule has 0 saturated carbocycles. The van der Waals surface area contributed by atoms with Crippen molar-refractivity contribution in [2.45, 2.75) is 19.8 Å². The van der Waals surface area contributed by atoms with E-state index in [1.54, 1.807) is 6.07 Å². The van der Waals surface area contributed by atoms with Gasteiger partial charge in [-0.15, -0.1) is 0 Å². The van der Waals surface area contributed by atoms with Crippen molar-refractivity contribution in [3.05, 3.63) is 23.8 Å². The molecule has 1 aromatic rings. The van der Waals surface area contributed by atoms with E-state index < -0.39 is 0 Å². The molecule has 17 heavy (non-hydrogen) atoms. The van der Waals surface area contributed by atoms with Crippen LogP contribution in [0.3, 0.4) is 0 Å². The number of carbonyl (C=O) groups excluding carboxylic acids is 1. The van der Waals surface area contributed by atoms with E-state index >= 15 is 0 Å². The fraction of sp³-hybridized carbons (Fsp3) is 0.462. The van der Waals surface area contributed by atoms with Crippen LogP contribution in [-0.4, -0.2) is 24.3 Å². The van der Waals surface area contributed by atoms with E-state index in [0.29, 0.717) is 25.4 Å². The smallest absolute Gasteiger partial charge is 0.306 e. The first kappa shape index (κ1) is 11.8. The molecule has 4 heteroatoms. The van der Waals surface area contributed by atoms with Crippen LogP contribution in [0.4, 0.5) is 0 Å². The summed E-state index contributed by atoms with van der Waals surface area (Å²) in [6.45, 7) is 2.88. The van der Waals surface area contributed by atoms with Gasteiger partial charge in [0.2, 0.25) is 0 Å². The summed E-state index contributed by atoms with van der Waals surface area (Å²) in [4.78, 5) is 11.0. The average Bonchev–Trinajstić information content (AvgIpc) is 2.69. The van der Waals surface area contributed by atoms with Crippen molar-refractivity contribution in [1.82, 2.24) is 0 Å². The summed E-state index contributed by atoms with van der Waals surface area (Å²) in [5, 5.41) is 9.57. The van der Waals surface area contributed by atoms with Crippen LogP contribution in [0.1, 0.15) is 18.9 Å². The summed E-state index contributed by atoms with van der Waals surface area (Å²) < 4.78 is 10.2. The normalized spacial score (nSPS) is 19.1. The van der Waals surface area contributed by atoms with E-state index in [9.17, 15) is 9.90 Å². The second-order valence-electron chi connectivity index (χ2n) is 4.19. The summed E-state index contributed by atoms with van der Waals surface area (Å²) in [5.41, 5.74) is 1.05. The Bertz CT molecular complexity index is 414. The van der Waals surface area contributed by atoms with Gasteiger partial charge in [0.1, 0.15) is 0 Å². The van der Waals surface area contributed by atoms with E-state index in [0.717, 1.165) is 12.0 Å². The molecule has 1 atom stereocenters. The van der Waals surface area contributed by atoms with Crippen molar-refractivity contribution in [3.63, 3.8) is 0 Å². The maximum Gasteiger partial charge on any atom is 0.306 e. The van der Waals surface area contributed by atoms with Crippen LogP contribution >= 0.6 is 0 Å². The average molecular weight is 236 g/mol. The van der Waals surface area contributed by atoms with Gasteiger partial charge in [0.15, 0.2) is 11.5 Å². The van der Waals surface area contributed by atoms with Gasteiger partial charge >= 0.3 is 5.97 Å². The second-order valence-corrected chi connectivity index (χ2v) is 4.19. The maximum absolute atomic E-state index is 11.0. The predicted octanol–water partition coefficient (Wildman–Crippen LogP) is 1.90. The third kappa shape index (κ3) is 2.90. The van der Waals surface area contributed by atoms with Crippen molar-refractivity contribution in [2.75, 3.05) is 13.2 Å². The molecule has 4 nitrogen and oxygen atoms in total. The zero-order chi connectivity index (χ0) is 12.3. The quantitative estimate of drug-likeness (QED) is 0.811. The number of phenolic OH excluding ortho intramolecular Hbond substituents is 1. The molecular weight excluding hydrogens is 220 g/mol. The Morgan fingerprint density at radius 3 is 3.00 bits per heavy atom. The molecule has 0 amide bonds. The molecule has 1 N–H and O–H groups in total. The lowest BCUT2D eigenvalue weighted by atomic mass is 9.98. The van der Waals surface area contributed by atoms with Gasteiger partial charge in [0.05, 0.1) is 19.6 Å². The number of esters is 1. The van der Waals surface area contributed by atoms with E-state index in [2.05, 4.69) is 0 Å². The highest BCUT2D eigenvalue weighted by Gasteiger charge is 2.24. The minimum atomic E-state index is -0.126. The molecule has 0 aliphatic carbocycles. The Balaban J connectivity index is 2.05. The van der Waals surface area contributed by atoms with Gasteiger partial charge in [-0.3, -0.25) is 4.79 Å². The summed E-state index contributed by atoms with van der Waals surface area (Å²) in [5.74, 6) is 0.755. The summed E-state index contributed by atoms with van der Waals surface area (Å²) in [6, 6.07) is 5.29. The first-order valence-corrected chi connectivity index (χ1v) is 5.79. The number of hydrogen-bond donors (Lipinski definition) is 1.